The number of benzene rings is 2. The summed E-state index contributed by atoms with van der Waals surface area (Å²) in [4.78, 5) is 12.5. The molecule has 1 unspecified atom stereocenters. The van der Waals surface area contributed by atoms with Crippen LogP contribution < -0.4 is 5.32 Å². The normalized spacial score (nSPS) is 16.9. The average Bonchev–Trinajstić information content (AvgIpc) is 2.56. The summed E-state index contributed by atoms with van der Waals surface area (Å²) < 4.78 is 5.66. The van der Waals surface area contributed by atoms with Crippen LogP contribution in [0.25, 0.3) is 0 Å². The molecule has 1 heterocycles. The van der Waals surface area contributed by atoms with Gasteiger partial charge in [-0.25, -0.2) is 0 Å². The molecule has 1 amide bonds. The van der Waals surface area contributed by atoms with Crippen LogP contribution in [-0.2, 0) is 22.4 Å². The molecule has 1 atom stereocenters. The first-order chi connectivity index (χ1) is 10.8. The summed E-state index contributed by atoms with van der Waals surface area (Å²) in [5.74, 6) is -0.151. The fourth-order valence-electron chi connectivity index (χ4n) is 2.70. The molecule has 4 nitrogen and oxygen atoms in total. The van der Waals surface area contributed by atoms with Gasteiger partial charge >= 0.3 is 0 Å². The van der Waals surface area contributed by atoms with Gasteiger partial charge in [0.05, 0.1) is 6.61 Å². The third kappa shape index (κ3) is 3.18. The lowest BCUT2D eigenvalue weighted by Crippen LogP contribution is -2.28. The molecule has 1 aliphatic heterocycles. The number of aliphatic hydroxyl groups is 1. The van der Waals surface area contributed by atoms with Gasteiger partial charge in [0.1, 0.15) is 0 Å². The van der Waals surface area contributed by atoms with E-state index in [1.807, 2.05) is 48.5 Å². The number of fused-ring (bicyclic) bond motifs is 1. The van der Waals surface area contributed by atoms with E-state index >= 15 is 0 Å². The van der Waals surface area contributed by atoms with Crippen molar-refractivity contribution in [1.29, 1.82) is 0 Å². The van der Waals surface area contributed by atoms with Crippen LogP contribution in [0.5, 0.6) is 0 Å². The summed E-state index contributed by atoms with van der Waals surface area (Å²) in [6.07, 6.45) is 0.908. The first-order valence-electron chi connectivity index (χ1n) is 7.48. The molecule has 2 aromatic rings. The Morgan fingerprint density at radius 1 is 1.18 bits per heavy atom. The smallest absolute Gasteiger partial charge is 0.258 e. The van der Waals surface area contributed by atoms with E-state index in [2.05, 4.69) is 5.32 Å². The van der Waals surface area contributed by atoms with Gasteiger partial charge in [0.25, 0.3) is 5.91 Å². The van der Waals surface area contributed by atoms with E-state index in [1.165, 1.54) is 5.56 Å². The number of ether oxygens (including phenoxy) is 1. The molecule has 0 spiro atoms. The van der Waals surface area contributed by atoms with E-state index in [1.54, 1.807) is 0 Å². The minimum atomic E-state index is -0.554. The quantitative estimate of drug-likeness (QED) is 0.911. The molecule has 0 saturated carbocycles. The van der Waals surface area contributed by atoms with Gasteiger partial charge in [-0.15, -0.1) is 0 Å². The van der Waals surface area contributed by atoms with Gasteiger partial charge in [-0.05, 0) is 41.7 Å². The maximum absolute atomic E-state index is 12.5. The van der Waals surface area contributed by atoms with Gasteiger partial charge in [-0.1, -0.05) is 36.4 Å². The van der Waals surface area contributed by atoms with Gasteiger partial charge < -0.3 is 15.2 Å². The summed E-state index contributed by atoms with van der Waals surface area (Å²) >= 11 is 0. The zero-order chi connectivity index (χ0) is 15.4. The van der Waals surface area contributed by atoms with E-state index in [4.69, 9.17) is 9.84 Å². The third-order valence-electron chi connectivity index (χ3n) is 3.85. The molecule has 0 saturated heterocycles. The van der Waals surface area contributed by atoms with Gasteiger partial charge in [0.15, 0.2) is 6.10 Å². The summed E-state index contributed by atoms with van der Waals surface area (Å²) in [6.45, 7) is 0.683. The number of carbonyl (C=O) groups excluding carboxylic acids is 1. The van der Waals surface area contributed by atoms with Crippen molar-refractivity contribution in [2.45, 2.75) is 18.9 Å². The van der Waals surface area contributed by atoms with Crippen LogP contribution >= 0.6 is 0 Å². The molecule has 0 radical (unpaired) electrons. The lowest BCUT2D eigenvalue weighted by atomic mass is 9.97. The van der Waals surface area contributed by atoms with Gasteiger partial charge in [0, 0.05) is 12.3 Å². The Labute approximate surface area is 129 Å². The predicted octanol–water partition coefficient (Wildman–Crippen LogP) is 2.47. The summed E-state index contributed by atoms with van der Waals surface area (Å²) in [5, 5.41) is 11.8. The van der Waals surface area contributed by atoms with Crippen LogP contribution in [0.15, 0.2) is 48.5 Å². The molecular formula is C18H19NO3. The third-order valence-corrected chi connectivity index (χ3v) is 3.85. The number of rotatable bonds is 4. The second-order valence-corrected chi connectivity index (χ2v) is 5.36. The van der Waals surface area contributed by atoms with Crippen LogP contribution in [0.4, 0.5) is 5.69 Å². The molecule has 0 aliphatic carbocycles. The Hall–Kier alpha value is -2.17. The Morgan fingerprint density at radius 2 is 1.95 bits per heavy atom. The van der Waals surface area contributed by atoms with E-state index in [-0.39, 0.29) is 12.5 Å². The van der Waals surface area contributed by atoms with E-state index < -0.39 is 6.10 Å². The lowest BCUT2D eigenvalue weighted by Gasteiger charge is -2.25. The molecule has 114 valence electrons. The topological polar surface area (TPSA) is 58.6 Å². The fourth-order valence-corrected chi connectivity index (χ4v) is 2.70. The SMILES string of the molecule is O=C(Nc1ccc(CCO)cc1)C1OCCc2ccccc21. The first kappa shape index (κ1) is 14.8. The van der Waals surface area contributed by atoms with Crippen LogP contribution in [0.1, 0.15) is 22.8 Å². The Bertz CT molecular complexity index is 652. The van der Waals surface area contributed by atoms with Gasteiger partial charge in [0.2, 0.25) is 0 Å². The number of carbonyl (C=O) groups is 1. The summed E-state index contributed by atoms with van der Waals surface area (Å²) in [7, 11) is 0. The second kappa shape index (κ2) is 6.73. The Morgan fingerprint density at radius 3 is 2.73 bits per heavy atom. The van der Waals surface area contributed by atoms with Crippen LogP contribution in [0, 0.1) is 0 Å². The molecule has 2 N–H and O–H groups in total. The molecule has 4 heteroatoms. The van der Waals surface area contributed by atoms with Crippen LogP contribution in [-0.4, -0.2) is 24.2 Å². The van der Waals surface area contributed by atoms with Gasteiger partial charge in [-0.2, -0.15) is 0 Å². The number of hydrogen-bond acceptors (Lipinski definition) is 3. The average molecular weight is 297 g/mol. The minimum Gasteiger partial charge on any atom is -0.396 e. The highest BCUT2D eigenvalue weighted by Crippen LogP contribution is 2.28. The number of amides is 1. The van der Waals surface area contributed by atoms with Crippen molar-refractivity contribution < 1.29 is 14.6 Å². The summed E-state index contributed by atoms with van der Waals surface area (Å²) in [5.41, 5.74) is 3.90. The highest BCUT2D eigenvalue weighted by atomic mass is 16.5. The lowest BCUT2D eigenvalue weighted by molar-refractivity contribution is -0.128. The zero-order valence-corrected chi connectivity index (χ0v) is 12.3. The molecule has 22 heavy (non-hydrogen) atoms. The first-order valence-corrected chi connectivity index (χ1v) is 7.48. The minimum absolute atomic E-state index is 0.123. The molecule has 0 aromatic heterocycles. The van der Waals surface area contributed by atoms with Crippen molar-refractivity contribution in [3.8, 4) is 0 Å². The molecule has 2 aromatic carbocycles. The maximum Gasteiger partial charge on any atom is 0.258 e. The highest BCUT2D eigenvalue weighted by Gasteiger charge is 2.27. The Balaban J connectivity index is 1.72. The zero-order valence-electron chi connectivity index (χ0n) is 12.3. The monoisotopic (exact) mass is 297 g/mol. The van der Waals surface area contributed by atoms with Crippen molar-refractivity contribution in [2.24, 2.45) is 0 Å². The highest BCUT2D eigenvalue weighted by molar-refractivity contribution is 5.95. The molecule has 1 aliphatic rings. The van der Waals surface area contributed by atoms with Gasteiger partial charge in [-0.3, -0.25) is 4.79 Å². The molecule has 0 fully saturated rings. The number of hydrogen-bond donors (Lipinski definition) is 2. The van der Waals surface area contributed by atoms with E-state index in [0.717, 1.165) is 23.2 Å². The second-order valence-electron chi connectivity index (χ2n) is 5.36. The number of anilines is 1. The van der Waals surface area contributed by atoms with E-state index in [0.29, 0.717) is 13.0 Å². The van der Waals surface area contributed by atoms with Crippen molar-refractivity contribution in [1.82, 2.24) is 0 Å². The standard InChI is InChI=1S/C18H19NO3/c20-11-9-13-5-7-15(8-6-13)19-18(21)17-16-4-2-1-3-14(16)10-12-22-17/h1-8,17,20H,9-12H2,(H,19,21). The largest absolute Gasteiger partial charge is 0.396 e. The fraction of sp³-hybridized carbons (Fsp3) is 0.278. The van der Waals surface area contributed by atoms with Crippen LogP contribution in [0.3, 0.4) is 0 Å². The summed E-state index contributed by atoms with van der Waals surface area (Å²) in [6, 6.07) is 15.4. The molecule has 3 rings (SSSR count). The van der Waals surface area contributed by atoms with Crippen molar-refractivity contribution >= 4 is 11.6 Å². The van der Waals surface area contributed by atoms with Crippen LogP contribution in [0.2, 0.25) is 0 Å². The predicted molar refractivity (Wildman–Crippen MR) is 84.7 cm³/mol. The number of aliphatic hydroxyl groups excluding tert-OH is 1. The molecule has 0 bridgehead atoms. The maximum atomic E-state index is 12.5. The molecular weight excluding hydrogens is 278 g/mol. The van der Waals surface area contributed by atoms with Crippen molar-refractivity contribution in [3.63, 3.8) is 0 Å². The van der Waals surface area contributed by atoms with Crippen molar-refractivity contribution in [3.05, 3.63) is 65.2 Å². The van der Waals surface area contributed by atoms with Crippen molar-refractivity contribution in [2.75, 3.05) is 18.5 Å². The Kier molecular flexibility index (Phi) is 4.51. The number of nitrogens with one attached hydrogen (secondary N) is 1. The van der Waals surface area contributed by atoms with E-state index in [9.17, 15) is 4.79 Å².